The fourth-order valence-electron chi connectivity index (χ4n) is 4.08. The summed E-state index contributed by atoms with van der Waals surface area (Å²) in [5.41, 5.74) is 2.41. The van der Waals surface area contributed by atoms with Crippen molar-refractivity contribution in [3.63, 3.8) is 0 Å². The van der Waals surface area contributed by atoms with Gasteiger partial charge in [-0.25, -0.2) is 15.0 Å². The van der Waals surface area contributed by atoms with E-state index in [4.69, 9.17) is 15.0 Å². The van der Waals surface area contributed by atoms with Gasteiger partial charge in [0.05, 0.1) is 11.1 Å². The van der Waals surface area contributed by atoms with Crippen LogP contribution in [-0.2, 0) is 12.3 Å². The molecule has 34 heavy (non-hydrogen) atoms. The summed E-state index contributed by atoms with van der Waals surface area (Å²) in [4.78, 5) is 22.8. The lowest BCUT2D eigenvalue weighted by atomic mass is 10.2. The predicted octanol–water partition coefficient (Wildman–Crippen LogP) is 5.36. The van der Waals surface area contributed by atoms with Gasteiger partial charge in [-0.1, -0.05) is 24.3 Å². The number of thioether (sulfide) groups is 1. The summed E-state index contributed by atoms with van der Waals surface area (Å²) in [6, 6.07) is 14.7. The van der Waals surface area contributed by atoms with Gasteiger partial charge >= 0.3 is 0 Å². The highest BCUT2D eigenvalue weighted by Crippen LogP contribution is 2.34. The number of thiophene rings is 1. The Morgan fingerprint density at radius 3 is 2.53 bits per heavy atom. The SMILES string of the molecule is Cc1sc2nc(CSc3ccccc3)nc(NCc3ccc(N4CCN(C)CC4)nc3)c2c1C. The molecule has 176 valence electrons. The normalized spacial score (nSPS) is 14.6. The minimum Gasteiger partial charge on any atom is -0.365 e. The minimum atomic E-state index is 0.682. The van der Waals surface area contributed by atoms with E-state index in [-0.39, 0.29) is 0 Å². The Morgan fingerprint density at radius 1 is 1.00 bits per heavy atom. The Morgan fingerprint density at radius 2 is 1.79 bits per heavy atom. The number of benzene rings is 1. The summed E-state index contributed by atoms with van der Waals surface area (Å²) in [7, 11) is 2.17. The molecule has 0 aliphatic carbocycles. The van der Waals surface area contributed by atoms with Crippen LogP contribution in [-0.4, -0.2) is 53.1 Å². The standard InChI is InChI=1S/C26H30N6S2/c1-18-19(2)34-26-24(18)25(29-22(30-26)17-33-21-7-5-4-6-8-21)28-16-20-9-10-23(27-15-20)32-13-11-31(3)12-14-32/h4-10,15H,11-14,16-17H2,1-3H3,(H,28,29,30). The molecule has 0 bridgehead atoms. The zero-order chi connectivity index (χ0) is 23.5. The molecule has 8 heteroatoms. The first-order valence-corrected chi connectivity index (χ1v) is 13.4. The monoisotopic (exact) mass is 490 g/mol. The Kier molecular flexibility index (Phi) is 6.99. The maximum atomic E-state index is 4.93. The van der Waals surface area contributed by atoms with Gasteiger partial charge in [-0.3, -0.25) is 0 Å². The molecule has 1 aromatic carbocycles. The van der Waals surface area contributed by atoms with Crippen molar-refractivity contribution in [2.24, 2.45) is 0 Å². The van der Waals surface area contributed by atoms with Crippen molar-refractivity contribution in [1.29, 1.82) is 0 Å². The van der Waals surface area contributed by atoms with Crippen molar-refractivity contribution in [1.82, 2.24) is 19.9 Å². The number of pyridine rings is 1. The van der Waals surface area contributed by atoms with E-state index >= 15 is 0 Å². The summed E-state index contributed by atoms with van der Waals surface area (Å²) in [6.07, 6.45) is 1.98. The molecule has 1 fully saturated rings. The average Bonchev–Trinajstić information content (AvgIpc) is 3.16. The molecule has 6 nitrogen and oxygen atoms in total. The second-order valence-electron chi connectivity index (χ2n) is 8.72. The highest BCUT2D eigenvalue weighted by Gasteiger charge is 2.16. The molecule has 0 saturated carbocycles. The molecule has 1 N–H and O–H groups in total. The number of rotatable bonds is 7. The van der Waals surface area contributed by atoms with Gasteiger partial charge in [0, 0.05) is 48.7 Å². The molecule has 0 atom stereocenters. The summed E-state index contributed by atoms with van der Waals surface area (Å²) < 4.78 is 0. The second-order valence-corrected chi connectivity index (χ2v) is 11.0. The Bertz CT molecular complexity index is 1250. The number of aromatic nitrogens is 3. The topological polar surface area (TPSA) is 57.2 Å². The third-order valence-electron chi connectivity index (χ3n) is 6.28. The van der Waals surface area contributed by atoms with Gasteiger partial charge in [-0.15, -0.1) is 23.1 Å². The van der Waals surface area contributed by atoms with E-state index in [1.54, 1.807) is 23.1 Å². The fraction of sp³-hybridized carbons (Fsp3) is 0.346. The molecule has 1 aliphatic heterocycles. The first-order valence-electron chi connectivity index (χ1n) is 11.6. The van der Waals surface area contributed by atoms with E-state index in [9.17, 15) is 0 Å². The number of hydrogen-bond acceptors (Lipinski definition) is 8. The van der Waals surface area contributed by atoms with Crippen LogP contribution >= 0.6 is 23.1 Å². The molecule has 3 aromatic heterocycles. The Hall–Kier alpha value is -2.68. The van der Waals surface area contributed by atoms with E-state index < -0.39 is 0 Å². The zero-order valence-corrected chi connectivity index (χ0v) is 21.5. The summed E-state index contributed by atoms with van der Waals surface area (Å²) in [6.45, 7) is 9.22. The van der Waals surface area contributed by atoms with Crippen molar-refractivity contribution in [2.75, 3.05) is 43.4 Å². The first kappa shape index (κ1) is 23.1. The third-order valence-corrected chi connectivity index (χ3v) is 8.39. The molecule has 0 amide bonds. The van der Waals surface area contributed by atoms with Crippen molar-refractivity contribution in [2.45, 2.75) is 31.0 Å². The van der Waals surface area contributed by atoms with Crippen LogP contribution in [0.4, 0.5) is 11.6 Å². The first-order chi connectivity index (χ1) is 16.6. The van der Waals surface area contributed by atoms with Gasteiger partial charge in [0.25, 0.3) is 0 Å². The van der Waals surface area contributed by atoms with Gasteiger partial charge in [0.15, 0.2) is 0 Å². The number of likely N-dealkylation sites (N-methyl/N-ethyl adjacent to an activating group) is 1. The van der Waals surface area contributed by atoms with Gasteiger partial charge in [0.1, 0.15) is 22.3 Å². The predicted molar refractivity (Wildman–Crippen MR) is 144 cm³/mol. The van der Waals surface area contributed by atoms with Crippen LogP contribution in [0.2, 0.25) is 0 Å². The Labute approximate surface area is 209 Å². The lowest BCUT2D eigenvalue weighted by Crippen LogP contribution is -2.44. The van der Waals surface area contributed by atoms with Crippen molar-refractivity contribution in [3.8, 4) is 0 Å². The lowest BCUT2D eigenvalue weighted by molar-refractivity contribution is 0.312. The van der Waals surface area contributed by atoms with E-state index in [0.717, 1.165) is 65.2 Å². The number of aryl methyl sites for hydroxylation is 2. The zero-order valence-electron chi connectivity index (χ0n) is 19.9. The average molecular weight is 491 g/mol. The van der Waals surface area contributed by atoms with Crippen LogP contribution in [0, 0.1) is 13.8 Å². The van der Waals surface area contributed by atoms with E-state index in [1.807, 2.05) is 12.3 Å². The third kappa shape index (κ3) is 5.19. The number of fused-ring (bicyclic) bond motifs is 1. The van der Waals surface area contributed by atoms with Crippen LogP contribution in [0.1, 0.15) is 21.8 Å². The summed E-state index contributed by atoms with van der Waals surface area (Å²) in [5.74, 6) is 3.57. The number of nitrogens with one attached hydrogen (secondary N) is 1. The van der Waals surface area contributed by atoms with Crippen molar-refractivity contribution in [3.05, 3.63) is 70.5 Å². The van der Waals surface area contributed by atoms with Crippen LogP contribution in [0.5, 0.6) is 0 Å². The maximum absolute atomic E-state index is 4.93. The molecule has 4 heterocycles. The lowest BCUT2D eigenvalue weighted by Gasteiger charge is -2.33. The van der Waals surface area contributed by atoms with Crippen LogP contribution in [0.3, 0.4) is 0 Å². The van der Waals surface area contributed by atoms with E-state index in [1.165, 1.54) is 15.3 Å². The van der Waals surface area contributed by atoms with Crippen LogP contribution in [0.25, 0.3) is 10.2 Å². The number of nitrogens with zero attached hydrogens (tertiary/aromatic N) is 5. The molecular weight excluding hydrogens is 460 g/mol. The van der Waals surface area contributed by atoms with E-state index in [0.29, 0.717) is 6.54 Å². The van der Waals surface area contributed by atoms with Gasteiger partial charge in [-0.05, 0) is 50.2 Å². The maximum Gasteiger partial charge on any atom is 0.142 e. The number of piperazine rings is 1. The van der Waals surface area contributed by atoms with Crippen LogP contribution in [0.15, 0.2) is 53.6 Å². The molecule has 1 saturated heterocycles. The van der Waals surface area contributed by atoms with Crippen LogP contribution < -0.4 is 10.2 Å². The summed E-state index contributed by atoms with van der Waals surface area (Å²) in [5, 5.41) is 4.72. The highest BCUT2D eigenvalue weighted by atomic mass is 32.2. The van der Waals surface area contributed by atoms with Gasteiger partial charge in [-0.2, -0.15) is 0 Å². The van der Waals surface area contributed by atoms with Crippen molar-refractivity contribution >= 4 is 45.0 Å². The quantitative estimate of drug-likeness (QED) is 0.350. The van der Waals surface area contributed by atoms with Gasteiger partial charge in [0.2, 0.25) is 0 Å². The number of hydrogen-bond donors (Lipinski definition) is 1. The smallest absolute Gasteiger partial charge is 0.142 e. The molecule has 0 radical (unpaired) electrons. The fourth-order valence-corrected chi connectivity index (χ4v) is 5.90. The number of anilines is 2. The summed E-state index contributed by atoms with van der Waals surface area (Å²) >= 11 is 3.51. The molecular formula is C26H30N6S2. The Balaban J connectivity index is 1.32. The largest absolute Gasteiger partial charge is 0.365 e. The van der Waals surface area contributed by atoms with E-state index in [2.05, 4.69) is 72.4 Å². The van der Waals surface area contributed by atoms with Gasteiger partial charge < -0.3 is 15.1 Å². The molecule has 0 spiro atoms. The molecule has 0 unspecified atom stereocenters. The molecule has 5 rings (SSSR count). The molecule has 1 aliphatic rings. The second kappa shape index (κ2) is 10.3. The van der Waals surface area contributed by atoms with Crippen molar-refractivity contribution < 1.29 is 0 Å². The molecule has 4 aromatic rings. The highest BCUT2D eigenvalue weighted by molar-refractivity contribution is 7.98. The minimum absolute atomic E-state index is 0.682.